The van der Waals surface area contributed by atoms with Crippen molar-refractivity contribution in [1.29, 1.82) is 0 Å². The zero-order chi connectivity index (χ0) is 14.0. The Morgan fingerprint density at radius 3 is 2.63 bits per heavy atom. The van der Waals surface area contributed by atoms with Gasteiger partial charge in [-0.25, -0.2) is 12.8 Å². The fourth-order valence-corrected chi connectivity index (χ4v) is 3.61. The maximum Gasteiger partial charge on any atom is 0.263 e. The van der Waals surface area contributed by atoms with E-state index >= 15 is 0 Å². The van der Waals surface area contributed by atoms with Crippen LogP contribution in [0.5, 0.6) is 0 Å². The standard InChI is InChI=1S/C12H10BrFN2O2S/c1-8-6-10(4-5-15-8)16-19(17,18)12-3-2-9(14)7-11(12)13/h2-7H,1H3,(H,15,16). The summed E-state index contributed by atoms with van der Waals surface area (Å²) in [5.41, 5.74) is 1.10. The third kappa shape index (κ3) is 3.30. The lowest BCUT2D eigenvalue weighted by Gasteiger charge is -2.09. The Labute approximate surface area is 118 Å². The van der Waals surface area contributed by atoms with Crippen LogP contribution < -0.4 is 4.72 Å². The largest absolute Gasteiger partial charge is 0.279 e. The van der Waals surface area contributed by atoms with Crippen LogP contribution in [0.1, 0.15) is 5.69 Å². The van der Waals surface area contributed by atoms with Crippen LogP contribution in [0.25, 0.3) is 0 Å². The van der Waals surface area contributed by atoms with E-state index in [1.807, 2.05) is 0 Å². The molecule has 0 bridgehead atoms. The molecule has 0 saturated carbocycles. The first kappa shape index (κ1) is 14.0. The summed E-state index contributed by atoms with van der Waals surface area (Å²) in [5, 5.41) is 0. The first-order valence-corrected chi connectivity index (χ1v) is 7.56. The van der Waals surface area contributed by atoms with Crippen molar-refractivity contribution in [3.8, 4) is 0 Å². The number of pyridine rings is 1. The molecule has 0 radical (unpaired) electrons. The number of aromatic nitrogens is 1. The van der Waals surface area contributed by atoms with Crippen LogP contribution in [-0.4, -0.2) is 13.4 Å². The number of aryl methyl sites for hydroxylation is 1. The second-order valence-corrected chi connectivity index (χ2v) is 6.37. The molecule has 0 atom stereocenters. The molecule has 0 spiro atoms. The van der Waals surface area contributed by atoms with Crippen molar-refractivity contribution in [2.24, 2.45) is 0 Å². The van der Waals surface area contributed by atoms with Crippen molar-refractivity contribution in [1.82, 2.24) is 4.98 Å². The highest BCUT2D eigenvalue weighted by atomic mass is 79.9. The van der Waals surface area contributed by atoms with Crippen molar-refractivity contribution in [3.63, 3.8) is 0 Å². The summed E-state index contributed by atoms with van der Waals surface area (Å²) in [7, 11) is -3.77. The highest BCUT2D eigenvalue weighted by Gasteiger charge is 2.18. The van der Waals surface area contributed by atoms with Gasteiger partial charge in [-0.15, -0.1) is 0 Å². The van der Waals surface area contributed by atoms with E-state index in [9.17, 15) is 12.8 Å². The first-order chi connectivity index (χ1) is 8.88. The van der Waals surface area contributed by atoms with E-state index in [1.165, 1.54) is 12.3 Å². The number of nitrogens with zero attached hydrogens (tertiary/aromatic N) is 1. The Bertz CT molecular complexity index is 719. The molecule has 19 heavy (non-hydrogen) atoms. The Hall–Kier alpha value is -1.47. The van der Waals surface area contributed by atoms with Gasteiger partial charge in [0.05, 0.1) is 5.69 Å². The van der Waals surface area contributed by atoms with Crippen molar-refractivity contribution in [3.05, 3.63) is 52.5 Å². The van der Waals surface area contributed by atoms with E-state index in [0.29, 0.717) is 11.4 Å². The molecule has 100 valence electrons. The van der Waals surface area contributed by atoms with Gasteiger partial charge in [0.1, 0.15) is 10.7 Å². The van der Waals surface area contributed by atoms with Crippen LogP contribution in [0.15, 0.2) is 45.9 Å². The minimum Gasteiger partial charge on any atom is -0.279 e. The summed E-state index contributed by atoms with van der Waals surface area (Å²) in [5.74, 6) is -0.509. The smallest absolute Gasteiger partial charge is 0.263 e. The van der Waals surface area contributed by atoms with Crippen molar-refractivity contribution in [2.45, 2.75) is 11.8 Å². The lowest BCUT2D eigenvalue weighted by atomic mass is 10.3. The van der Waals surface area contributed by atoms with Gasteiger partial charge in [-0.2, -0.15) is 0 Å². The number of nitrogens with one attached hydrogen (secondary N) is 1. The SMILES string of the molecule is Cc1cc(NS(=O)(=O)c2ccc(F)cc2Br)ccn1. The molecule has 1 heterocycles. The topological polar surface area (TPSA) is 59.1 Å². The van der Waals surface area contributed by atoms with E-state index in [4.69, 9.17) is 0 Å². The minimum absolute atomic E-state index is 0.0247. The molecule has 0 amide bonds. The quantitative estimate of drug-likeness (QED) is 0.930. The Balaban J connectivity index is 2.38. The molecule has 2 aromatic rings. The third-order valence-corrected chi connectivity index (χ3v) is 4.69. The lowest BCUT2D eigenvalue weighted by Crippen LogP contribution is -2.13. The van der Waals surface area contributed by atoms with E-state index in [-0.39, 0.29) is 9.37 Å². The molecule has 1 N–H and O–H groups in total. The van der Waals surface area contributed by atoms with Gasteiger partial charge in [0.25, 0.3) is 10.0 Å². The molecule has 0 aliphatic rings. The van der Waals surface area contributed by atoms with Gasteiger partial charge in [-0.3, -0.25) is 9.71 Å². The predicted molar refractivity (Wildman–Crippen MR) is 73.9 cm³/mol. The summed E-state index contributed by atoms with van der Waals surface area (Å²) < 4.78 is 39.9. The van der Waals surface area contributed by atoms with Gasteiger partial charge in [-0.1, -0.05) is 0 Å². The number of halogens is 2. The molecule has 1 aromatic carbocycles. The van der Waals surface area contributed by atoms with E-state index in [2.05, 4.69) is 25.6 Å². The predicted octanol–water partition coefficient (Wildman–Crippen LogP) is 3.09. The van der Waals surface area contributed by atoms with Crippen LogP contribution in [-0.2, 0) is 10.0 Å². The zero-order valence-corrected chi connectivity index (χ0v) is 12.3. The molecule has 0 aliphatic carbocycles. The van der Waals surface area contributed by atoms with Crippen LogP contribution in [0.2, 0.25) is 0 Å². The maximum atomic E-state index is 13.0. The van der Waals surface area contributed by atoms with Crippen molar-refractivity contribution in [2.75, 3.05) is 4.72 Å². The monoisotopic (exact) mass is 344 g/mol. The molecular weight excluding hydrogens is 335 g/mol. The minimum atomic E-state index is -3.77. The second kappa shape index (κ2) is 5.26. The molecular formula is C12H10BrFN2O2S. The number of hydrogen-bond acceptors (Lipinski definition) is 3. The number of hydrogen-bond donors (Lipinski definition) is 1. The number of rotatable bonds is 3. The molecule has 0 aliphatic heterocycles. The normalized spacial score (nSPS) is 11.3. The molecule has 7 heteroatoms. The molecule has 2 rings (SSSR count). The summed E-state index contributed by atoms with van der Waals surface area (Å²) in [6.07, 6.45) is 1.51. The molecule has 1 aromatic heterocycles. The van der Waals surface area contributed by atoms with Crippen molar-refractivity contribution >= 4 is 31.6 Å². The number of sulfonamides is 1. The van der Waals surface area contributed by atoms with Crippen LogP contribution >= 0.6 is 15.9 Å². The highest BCUT2D eigenvalue weighted by Crippen LogP contribution is 2.24. The maximum absolute atomic E-state index is 13.0. The fraction of sp³-hybridized carbons (Fsp3) is 0.0833. The van der Waals surface area contributed by atoms with Crippen molar-refractivity contribution < 1.29 is 12.8 Å². The van der Waals surface area contributed by atoms with Gasteiger partial charge in [0.15, 0.2) is 0 Å². The Kier molecular flexibility index (Phi) is 3.86. The van der Waals surface area contributed by atoms with E-state index in [0.717, 1.165) is 12.1 Å². The second-order valence-electron chi connectivity index (χ2n) is 3.87. The average molecular weight is 345 g/mol. The molecule has 0 saturated heterocycles. The number of anilines is 1. The molecule has 0 fully saturated rings. The summed E-state index contributed by atoms with van der Waals surface area (Å²) in [4.78, 5) is 3.95. The Morgan fingerprint density at radius 1 is 1.26 bits per heavy atom. The van der Waals surface area contributed by atoms with E-state index < -0.39 is 15.8 Å². The fourth-order valence-electron chi connectivity index (χ4n) is 1.51. The van der Waals surface area contributed by atoms with Gasteiger partial charge in [-0.05, 0) is 53.2 Å². The van der Waals surface area contributed by atoms with Crippen LogP contribution in [0.4, 0.5) is 10.1 Å². The molecule has 4 nitrogen and oxygen atoms in total. The molecule has 0 unspecified atom stereocenters. The summed E-state index contributed by atoms with van der Waals surface area (Å²) in [6, 6.07) is 6.55. The highest BCUT2D eigenvalue weighted by molar-refractivity contribution is 9.10. The first-order valence-electron chi connectivity index (χ1n) is 5.29. The van der Waals surface area contributed by atoms with Crippen LogP contribution in [0, 0.1) is 12.7 Å². The summed E-state index contributed by atoms with van der Waals surface area (Å²) >= 11 is 3.04. The number of benzene rings is 1. The Morgan fingerprint density at radius 2 is 2.00 bits per heavy atom. The van der Waals surface area contributed by atoms with Gasteiger partial charge in [0, 0.05) is 16.4 Å². The third-order valence-electron chi connectivity index (χ3n) is 2.33. The average Bonchev–Trinajstić information content (AvgIpc) is 2.27. The van der Waals surface area contributed by atoms with Gasteiger partial charge < -0.3 is 0 Å². The zero-order valence-electron chi connectivity index (χ0n) is 9.89. The van der Waals surface area contributed by atoms with Gasteiger partial charge in [0.2, 0.25) is 0 Å². The van der Waals surface area contributed by atoms with E-state index in [1.54, 1.807) is 19.1 Å². The lowest BCUT2D eigenvalue weighted by molar-refractivity contribution is 0.599. The van der Waals surface area contributed by atoms with Gasteiger partial charge >= 0.3 is 0 Å². The van der Waals surface area contributed by atoms with Crippen LogP contribution in [0.3, 0.4) is 0 Å². The summed E-state index contributed by atoms with van der Waals surface area (Å²) in [6.45, 7) is 1.76.